The molecule has 0 aromatic carbocycles. The zero-order valence-corrected chi connectivity index (χ0v) is 44.9. The molecule has 0 fully saturated rings. The van der Waals surface area contributed by atoms with Gasteiger partial charge < -0.3 is 14.2 Å². The topological polar surface area (TPSA) is 78.9 Å². The second-order valence-corrected chi connectivity index (χ2v) is 19.2. The summed E-state index contributed by atoms with van der Waals surface area (Å²) in [6, 6.07) is 0. The first kappa shape index (κ1) is 64.8. The fraction of sp³-hybridized carbons (Fsp3) is 0.758. The number of rotatable bonds is 52. The molecule has 0 saturated carbocycles. The number of ether oxygens (including phenoxy) is 3. The minimum atomic E-state index is -0.781. The summed E-state index contributed by atoms with van der Waals surface area (Å²) in [7, 11) is 0. The van der Waals surface area contributed by atoms with Gasteiger partial charge in [0, 0.05) is 19.3 Å². The lowest BCUT2D eigenvalue weighted by Crippen LogP contribution is -2.30. The van der Waals surface area contributed by atoms with E-state index in [4.69, 9.17) is 14.2 Å². The molecule has 392 valence electrons. The highest BCUT2D eigenvalue weighted by atomic mass is 16.6. The molecule has 1 atom stereocenters. The van der Waals surface area contributed by atoms with E-state index >= 15 is 0 Å². The van der Waals surface area contributed by atoms with Gasteiger partial charge in [0.2, 0.25) is 0 Å². The minimum absolute atomic E-state index is 0.0813. The second kappa shape index (κ2) is 56.4. The number of hydrogen-bond acceptors (Lipinski definition) is 6. The van der Waals surface area contributed by atoms with Crippen molar-refractivity contribution in [2.45, 2.75) is 290 Å². The Morgan fingerprint density at radius 1 is 0.309 bits per heavy atom. The van der Waals surface area contributed by atoms with Gasteiger partial charge in [-0.3, -0.25) is 14.4 Å². The van der Waals surface area contributed by atoms with Crippen LogP contribution in [0, 0.1) is 0 Å². The normalized spacial score (nSPS) is 12.6. The van der Waals surface area contributed by atoms with Crippen LogP contribution < -0.4 is 0 Å². The standard InChI is InChI=1S/C62H108O6/c1-4-7-10-13-16-19-22-24-26-28-29-30-31-32-33-35-36-38-40-43-46-49-52-55-61(64)67-58-59(57-66-60(63)54-51-48-45-42-21-18-15-12-9-6-3)68-62(65)56-53-50-47-44-41-39-37-34-27-25-23-20-17-14-11-8-5-2/h7,10,12,15-16,19,24,26,29-30,32-33,59H,4-6,8-9,11,13-14,17-18,20-23,25,27-28,31,34-58H2,1-3H3/b10-7-,15-12-,19-16-,26-24-,30-29-,33-32-. The Morgan fingerprint density at radius 3 is 0.971 bits per heavy atom. The molecular weight excluding hydrogens is 841 g/mol. The first-order chi connectivity index (χ1) is 33.5. The first-order valence-corrected chi connectivity index (χ1v) is 28.9. The molecule has 0 aromatic heterocycles. The highest BCUT2D eigenvalue weighted by Gasteiger charge is 2.19. The molecule has 0 radical (unpaired) electrons. The van der Waals surface area contributed by atoms with Crippen molar-refractivity contribution in [1.82, 2.24) is 0 Å². The van der Waals surface area contributed by atoms with Crippen molar-refractivity contribution in [1.29, 1.82) is 0 Å². The van der Waals surface area contributed by atoms with Crippen LogP contribution in [0.3, 0.4) is 0 Å². The van der Waals surface area contributed by atoms with Gasteiger partial charge in [0.1, 0.15) is 13.2 Å². The van der Waals surface area contributed by atoms with Gasteiger partial charge in [-0.15, -0.1) is 0 Å². The third-order valence-electron chi connectivity index (χ3n) is 12.4. The Bertz CT molecular complexity index is 1270. The monoisotopic (exact) mass is 949 g/mol. The summed E-state index contributed by atoms with van der Waals surface area (Å²) >= 11 is 0. The zero-order chi connectivity index (χ0) is 49.3. The van der Waals surface area contributed by atoms with Crippen LogP contribution in [0.5, 0.6) is 0 Å². The molecule has 0 aliphatic rings. The lowest BCUT2D eigenvalue weighted by Gasteiger charge is -2.18. The molecule has 0 bridgehead atoms. The third kappa shape index (κ3) is 53.8. The number of carbonyl (C=O) groups excluding carboxylic acids is 3. The molecule has 6 nitrogen and oxygen atoms in total. The fourth-order valence-electron chi connectivity index (χ4n) is 8.12. The number of esters is 3. The van der Waals surface area contributed by atoms with Gasteiger partial charge in [0.15, 0.2) is 6.10 Å². The average Bonchev–Trinajstić information content (AvgIpc) is 3.34. The molecule has 0 aliphatic heterocycles. The van der Waals surface area contributed by atoms with E-state index in [2.05, 4.69) is 93.7 Å². The molecule has 0 heterocycles. The van der Waals surface area contributed by atoms with Crippen LogP contribution in [-0.2, 0) is 28.6 Å². The van der Waals surface area contributed by atoms with Crippen molar-refractivity contribution in [3.63, 3.8) is 0 Å². The van der Waals surface area contributed by atoms with Gasteiger partial charge >= 0.3 is 17.9 Å². The Kier molecular flexibility index (Phi) is 53.8. The molecule has 68 heavy (non-hydrogen) atoms. The van der Waals surface area contributed by atoms with Crippen molar-refractivity contribution in [2.75, 3.05) is 13.2 Å². The maximum Gasteiger partial charge on any atom is 0.306 e. The van der Waals surface area contributed by atoms with Crippen LogP contribution in [0.1, 0.15) is 284 Å². The predicted molar refractivity (Wildman–Crippen MR) is 293 cm³/mol. The number of hydrogen-bond donors (Lipinski definition) is 0. The van der Waals surface area contributed by atoms with Crippen molar-refractivity contribution >= 4 is 17.9 Å². The maximum absolute atomic E-state index is 12.8. The molecule has 0 saturated heterocycles. The highest BCUT2D eigenvalue weighted by molar-refractivity contribution is 5.71. The number of carbonyl (C=O) groups is 3. The molecule has 1 unspecified atom stereocenters. The third-order valence-corrected chi connectivity index (χ3v) is 12.4. The van der Waals surface area contributed by atoms with Crippen LogP contribution in [0.4, 0.5) is 0 Å². The van der Waals surface area contributed by atoms with Crippen molar-refractivity contribution < 1.29 is 28.6 Å². The van der Waals surface area contributed by atoms with E-state index in [-0.39, 0.29) is 31.1 Å². The van der Waals surface area contributed by atoms with Gasteiger partial charge in [-0.2, -0.15) is 0 Å². The average molecular weight is 950 g/mol. The van der Waals surface area contributed by atoms with Crippen molar-refractivity contribution in [3.05, 3.63) is 72.9 Å². The molecular formula is C62H108O6. The van der Waals surface area contributed by atoms with E-state index < -0.39 is 6.10 Å². The van der Waals surface area contributed by atoms with E-state index in [9.17, 15) is 14.4 Å². The van der Waals surface area contributed by atoms with Gasteiger partial charge in [-0.1, -0.05) is 254 Å². The minimum Gasteiger partial charge on any atom is -0.462 e. The summed E-state index contributed by atoms with van der Waals surface area (Å²) in [5, 5.41) is 0. The molecule has 0 N–H and O–H groups in total. The fourth-order valence-corrected chi connectivity index (χ4v) is 8.12. The van der Waals surface area contributed by atoms with Crippen LogP contribution in [0.25, 0.3) is 0 Å². The Labute approximate surface area is 421 Å². The van der Waals surface area contributed by atoms with Gasteiger partial charge in [-0.05, 0) is 83.5 Å². The highest BCUT2D eigenvalue weighted by Crippen LogP contribution is 2.16. The Morgan fingerprint density at radius 2 is 0.603 bits per heavy atom. The molecule has 0 aromatic rings. The van der Waals surface area contributed by atoms with E-state index in [1.54, 1.807) is 0 Å². The van der Waals surface area contributed by atoms with E-state index in [1.165, 1.54) is 135 Å². The summed E-state index contributed by atoms with van der Waals surface area (Å²) in [6.45, 7) is 6.47. The molecule has 0 amide bonds. The lowest BCUT2D eigenvalue weighted by atomic mass is 10.0. The first-order valence-electron chi connectivity index (χ1n) is 28.9. The smallest absolute Gasteiger partial charge is 0.306 e. The lowest BCUT2D eigenvalue weighted by molar-refractivity contribution is -0.167. The maximum atomic E-state index is 12.8. The van der Waals surface area contributed by atoms with E-state index in [0.29, 0.717) is 19.3 Å². The van der Waals surface area contributed by atoms with Crippen LogP contribution in [-0.4, -0.2) is 37.2 Å². The predicted octanol–water partition coefficient (Wildman–Crippen LogP) is 19.4. The van der Waals surface area contributed by atoms with Gasteiger partial charge in [-0.25, -0.2) is 0 Å². The van der Waals surface area contributed by atoms with E-state index in [0.717, 1.165) is 109 Å². The Balaban J connectivity index is 4.30. The summed E-state index contributed by atoms with van der Waals surface area (Å²) in [5.41, 5.74) is 0. The van der Waals surface area contributed by atoms with Crippen molar-refractivity contribution in [3.8, 4) is 0 Å². The largest absolute Gasteiger partial charge is 0.462 e. The molecule has 0 rings (SSSR count). The summed E-state index contributed by atoms with van der Waals surface area (Å²) in [4.78, 5) is 38.1. The van der Waals surface area contributed by atoms with Crippen molar-refractivity contribution in [2.24, 2.45) is 0 Å². The van der Waals surface area contributed by atoms with Gasteiger partial charge in [0.05, 0.1) is 0 Å². The van der Waals surface area contributed by atoms with Crippen LogP contribution in [0.15, 0.2) is 72.9 Å². The second-order valence-electron chi connectivity index (χ2n) is 19.2. The summed E-state index contributed by atoms with van der Waals surface area (Å²) in [6.07, 6.45) is 71.8. The number of unbranched alkanes of at least 4 members (excludes halogenated alkanes) is 29. The SMILES string of the molecule is CC/C=C\C/C=C\C/C=C\C/C=C\C/C=C\CCCCCCCCCC(=O)OCC(COC(=O)CCCCCCC/C=C\CCC)OC(=O)CCCCCCCCCCCCCCCCCCC. The number of allylic oxidation sites excluding steroid dienone is 12. The van der Waals surface area contributed by atoms with Gasteiger partial charge in [0.25, 0.3) is 0 Å². The van der Waals surface area contributed by atoms with Crippen LogP contribution in [0.2, 0.25) is 0 Å². The van der Waals surface area contributed by atoms with E-state index in [1.807, 2.05) is 0 Å². The Hall–Kier alpha value is -3.15. The molecule has 6 heteroatoms. The summed E-state index contributed by atoms with van der Waals surface area (Å²) in [5.74, 6) is -0.892. The van der Waals surface area contributed by atoms with Crippen LogP contribution >= 0.6 is 0 Å². The summed E-state index contributed by atoms with van der Waals surface area (Å²) < 4.78 is 16.8. The molecule has 0 spiro atoms. The quantitative estimate of drug-likeness (QED) is 0.0262. The zero-order valence-electron chi connectivity index (χ0n) is 44.9. The molecule has 0 aliphatic carbocycles.